The number of aromatic nitrogens is 3. The number of amides is 1. The fourth-order valence-corrected chi connectivity index (χ4v) is 6.37. The Hall–Kier alpha value is -2.72. The molecule has 1 saturated heterocycles. The third-order valence-corrected chi connectivity index (χ3v) is 8.85. The number of hydrogen-bond donors (Lipinski definition) is 1. The number of rotatable bonds is 5. The Labute approximate surface area is 198 Å². The minimum absolute atomic E-state index is 0.00844. The highest BCUT2D eigenvalue weighted by Crippen LogP contribution is 2.34. The molecule has 0 atom stereocenters. The molecule has 0 spiro atoms. The Balaban J connectivity index is 1.64. The molecule has 1 amide bonds. The first kappa shape index (κ1) is 23.4. The first-order chi connectivity index (χ1) is 15.6. The van der Waals surface area contributed by atoms with Gasteiger partial charge in [0.15, 0.2) is 0 Å². The molecule has 33 heavy (non-hydrogen) atoms. The highest BCUT2D eigenvalue weighted by atomic mass is 32.2. The van der Waals surface area contributed by atoms with E-state index in [0.29, 0.717) is 32.9 Å². The Bertz CT molecular complexity index is 1300. The fraction of sp³-hybridized carbons (Fsp3) is 0.435. The molecular formula is C23H29N5O3S2. The quantitative estimate of drug-likeness (QED) is 0.583. The molecule has 0 aliphatic carbocycles. The highest BCUT2D eigenvalue weighted by Gasteiger charge is 2.28. The van der Waals surface area contributed by atoms with Gasteiger partial charge >= 0.3 is 0 Å². The average molecular weight is 488 g/mol. The summed E-state index contributed by atoms with van der Waals surface area (Å²) in [4.78, 5) is 24.5. The van der Waals surface area contributed by atoms with Crippen LogP contribution in [0.2, 0.25) is 0 Å². The van der Waals surface area contributed by atoms with Crippen LogP contribution in [0, 0.1) is 26.7 Å². The maximum absolute atomic E-state index is 13.1. The van der Waals surface area contributed by atoms with E-state index in [4.69, 9.17) is 0 Å². The number of thiazole rings is 1. The minimum atomic E-state index is -3.84. The van der Waals surface area contributed by atoms with Gasteiger partial charge in [0, 0.05) is 32.0 Å². The van der Waals surface area contributed by atoms with Gasteiger partial charge in [-0.1, -0.05) is 6.92 Å². The van der Waals surface area contributed by atoms with Crippen molar-refractivity contribution < 1.29 is 13.2 Å². The standard InChI is InChI=1S/C23H29N5O3S2/c1-14-7-10-28(11-8-14)23(29)21-16(3)25-22(32-21)18-13-19(17(4)27(18)5)33(30,31)26-20-12-15(2)6-9-24-20/h6,9,12-14H,7-8,10-11H2,1-5H3,(H,24,26). The molecule has 3 aromatic rings. The average Bonchev–Trinajstić information content (AvgIpc) is 3.28. The van der Waals surface area contributed by atoms with Crippen LogP contribution in [-0.4, -0.2) is 46.8 Å². The number of carbonyl (C=O) groups excluding carboxylic acids is 1. The second-order valence-electron chi connectivity index (χ2n) is 8.77. The molecule has 0 bridgehead atoms. The summed E-state index contributed by atoms with van der Waals surface area (Å²) in [6.07, 6.45) is 3.59. The predicted octanol–water partition coefficient (Wildman–Crippen LogP) is 4.14. The lowest BCUT2D eigenvalue weighted by atomic mass is 9.99. The van der Waals surface area contributed by atoms with Crippen LogP contribution in [0.25, 0.3) is 10.7 Å². The van der Waals surface area contributed by atoms with Gasteiger partial charge in [-0.3, -0.25) is 9.52 Å². The summed E-state index contributed by atoms with van der Waals surface area (Å²) in [5.41, 5.74) is 2.82. The SMILES string of the molecule is Cc1ccnc(NS(=O)(=O)c2cc(-c3nc(C)c(C(=O)N4CCC(C)CC4)s3)n(C)c2C)c1. The number of piperidine rings is 1. The van der Waals surface area contributed by atoms with E-state index >= 15 is 0 Å². The van der Waals surface area contributed by atoms with Gasteiger partial charge in [0.25, 0.3) is 15.9 Å². The lowest BCUT2D eigenvalue weighted by molar-refractivity contribution is 0.0701. The summed E-state index contributed by atoms with van der Waals surface area (Å²) in [5, 5.41) is 0.627. The molecule has 1 N–H and O–H groups in total. The summed E-state index contributed by atoms with van der Waals surface area (Å²) >= 11 is 1.32. The zero-order valence-corrected chi connectivity index (χ0v) is 21.2. The Morgan fingerprint density at radius 2 is 1.88 bits per heavy atom. The molecule has 3 aromatic heterocycles. The molecule has 0 aromatic carbocycles. The number of likely N-dealkylation sites (tertiary alicyclic amines) is 1. The molecule has 1 fully saturated rings. The van der Waals surface area contributed by atoms with Crippen molar-refractivity contribution in [1.29, 1.82) is 0 Å². The van der Waals surface area contributed by atoms with E-state index < -0.39 is 10.0 Å². The zero-order valence-electron chi connectivity index (χ0n) is 19.5. The third-order valence-electron chi connectivity index (χ3n) is 6.21. The van der Waals surface area contributed by atoms with Gasteiger partial charge in [0.05, 0.1) is 11.4 Å². The number of nitrogens with zero attached hydrogens (tertiary/aromatic N) is 4. The van der Waals surface area contributed by atoms with E-state index in [2.05, 4.69) is 21.6 Å². The van der Waals surface area contributed by atoms with Gasteiger partial charge in [-0.2, -0.15) is 0 Å². The van der Waals surface area contributed by atoms with Gasteiger partial charge in [-0.05, 0) is 63.3 Å². The predicted molar refractivity (Wildman–Crippen MR) is 130 cm³/mol. The topological polar surface area (TPSA) is 97.2 Å². The second kappa shape index (κ2) is 8.90. The number of pyridine rings is 1. The van der Waals surface area contributed by atoms with Crippen molar-refractivity contribution >= 4 is 33.1 Å². The summed E-state index contributed by atoms with van der Waals surface area (Å²) in [6, 6.07) is 5.10. The molecular weight excluding hydrogens is 458 g/mol. The number of anilines is 1. The van der Waals surface area contributed by atoms with Gasteiger partial charge in [-0.15, -0.1) is 11.3 Å². The van der Waals surface area contributed by atoms with Crippen molar-refractivity contribution in [3.05, 3.63) is 46.2 Å². The molecule has 1 aliphatic heterocycles. The molecule has 8 nitrogen and oxygen atoms in total. The largest absolute Gasteiger partial charge is 0.345 e. The maximum Gasteiger partial charge on any atom is 0.265 e. The molecule has 0 unspecified atom stereocenters. The van der Waals surface area contributed by atoms with Gasteiger partial charge in [0.1, 0.15) is 20.6 Å². The van der Waals surface area contributed by atoms with E-state index in [0.717, 1.165) is 31.5 Å². The van der Waals surface area contributed by atoms with E-state index in [1.165, 1.54) is 11.3 Å². The summed E-state index contributed by atoms with van der Waals surface area (Å²) in [6.45, 7) is 9.19. The van der Waals surface area contributed by atoms with E-state index in [1.54, 1.807) is 42.9 Å². The first-order valence-corrected chi connectivity index (χ1v) is 13.3. The minimum Gasteiger partial charge on any atom is -0.345 e. The molecule has 0 radical (unpaired) electrons. The Morgan fingerprint density at radius 1 is 1.18 bits per heavy atom. The Morgan fingerprint density at radius 3 is 2.55 bits per heavy atom. The van der Waals surface area contributed by atoms with Gasteiger partial charge in [-0.25, -0.2) is 18.4 Å². The van der Waals surface area contributed by atoms with Crippen LogP contribution in [-0.2, 0) is 17.1 Å². The summed E-state index contributed by atoms with van der Waals surface area (Å²) < 4.78 is 30.6. The van der Waals surface area contributed by atoms with Crippen molar-refractivity contribution in [2.75, 3.05) is 17.8 Å². The van der Waals surface area contributed by atoms with Crippen LogP contribution < -0.4 is 4.72 Å². The summed E-state index contributed by atoms with van der Waals surface area (Å²) in [5.74, 6) is 0.922. The number of hydrogen-bond acceptors (Lipinski definition) is 6. The van der Waals surface area contributed by atoms with Crippen molar-refractivity contribution in [3.8, 4) is 10.7 Å². The number of carbonyl (C=O) groups is 1. The van der Waals surface area contributed by atoms with Crippen LogP contribution in [0.4, 0.5) is 5.82 Å². The lowest BCUT2D eigenvalue weighted by Crippen LogP contribution is -2.37. The third kappa shape index (κ3) is 4.67. The van der Waals surface area contributed by atoms with Crippen molar-refractivity contribution in [2.45, 2.75) is 45.4 Å². The van der Waals surface area contributed by atoms with E-state index in [1.807, 2.05) is 18.7 Å². The van der Waals surface area contributed by atoms with E-state index in [-0.39, 0.29) is 16.6 Å². The maximum atomic E-state index is 13.1. The summed E-state index contributed by atoms with van der Waals surface area (Å²) in [7, 11) is -2.04. The van der Waals surface area contributed by atoms with Crippen LogP contribution >= 0.6 is 11.3 Å². The fourth-order valence-electron chi connectivity index (χ4n) is 3.99. The zero-order chi connectivity index (χ0) is 23.9. The van der Waals surface area contributed by atoms with Gasteiger partial charge < -0.3 is 9.47 Å². The van der Waals surface area contributed by atoms with Crippen LogP contribution in [0.1, 0.15) is 46.4 Å². The number of sulfonamides is 1. The van der Waals surface area contributed by atoms with Crippen LogP contribution in [0.5, 0.6) is 0 Å². The normalized spacial score (nSPS) is 15.1. The molecule has 1 aliphatic rings. The molecule has 0 saturated carbocycles. The van der Waals surface area contributed by atoms with Crippen molar-refractivity contribution in [1.82, 2.24) is 19.4 Å². The van der Waals surface area contributed by atoms with E-state index in [9.17, 15) is 13.2 Å². The van der Waals surface area contributed by atoms with Crippen molar-refractivity contribution in [3.63, 3.8) is 0 Å². The highest BCUT2D eigenvalue weighted by molar-refractivity contribution is 7.92. The Kier molecular flexibility index (Phi) is 6.32. The molecule has 176 valence electrons. The van der Waals surface area contributed by atoms with Crippen molar-refractivity contribution in [2.24, 2.45) is 13.0 Å². The molecule has 4 rings (SSSR count). The number of nitrogens with one attached hydrogen (secondary N) is 1. The van der Waals surface area contributed by atoms with Crippen LogP contribution in [0.3, 0.4) is 0 Å². The molecule has 4 heterocycles. The lowest BCUT2D eigenvalue weighted by Gasteiger charge is -2.30. The monoisotopic (exact) mass is 487 g/mol. The smallest absolute Gasteiger partial charge is 0.265 e. The first-order valence-electron chi connectivity index (χ1n) is 11.0. The second-order valence-corrected chi connectivity index (χ2v) is 11.4. The number of aryl methyl sites for hydroxylation is 2. The molecule has 10 heteroatoms. The van der Waals surface area contributed by atoms with Gasteiger partial charge in [0.2, 0.25) is 0 Å². The van der Waals surface area contributed by atoms with Crippen LogP contribution in [0.15, 0.2) is 29.3 Å².